The molecule has 1 fully saturated rings. The van der Waals surface area contributed by atoms with E-state index in [1.54, 1.807) is 0 Å². The summed E-state index contributed by atoms with van der Waals surface area (Å²) in [5.41, 5.74) is 1.27. The number of amides is 1. The van der Waals surface area contributed by atoms with E-state index < -0.39 is 0 Å². The van der Waals surface area contributed by atoms with Crippen LogP contribution in [0.25, 0.3) is 0 Å². The van der Waals surface area contributed by atoms with E-state index in [0.717, 1.165) is 37.6 Å². The van der Waals surface area contributed by atoms with Crippen molar-refractivity contribution in [2.45, 2.75) is 39.5 Å². The molecule has 0 spiro atoms. The fourth-order valence-electron chi connectivity index (χ4n) is 2.84. The molecule has 4 nitrogen and oxygen atoms in total. The Bertz CT molecular complexity index is 465. The molecule has 0 unspecified atom stereocenters. The van der Waals surface area contributed by atoms with Gasteiger partial charge >= 0.3 is 0 Å². The van der Waals surface area contributed by atoms with Gasteiger partial charge in [0.15, 0.2) is 6.61 Å². The standard InChI is InChI=1S/C19H30N2O2/c1-3-17-5-7-18(8-6-17)23-15-19(22)20-11-4-12-21-13-9-16(2)10-14-21/h5-8,16H,3-4,9-15H2,1-2H3,(H,20,22). The summed E-state index contributed by atoms with van der Waals surface area (Å²) in [5, 5.41) is 2.93. The maximum Gasteiger partial charge on any atom is 0.257 e. The number of carbonyl (C=O) groups excluding carboxylic acids is 1. The van der Waals surface area contributed by atoms with Gasteiger partial charge in [0.1, 0.15) is 5.75 Å². The minimum Gasteiger partial charge on any atom is -0.484 e. The number of aryl methyl sites for hydroxylation is 1. The van der Waals surface area contributed by atoms with Crippen molar-refractivity contribution in [2.75, 3.05) is 32.8 Å². The van der Waals surface area contributed by atoms with Gasteiger partial charge in [-0.25, -0.2) is 0 Å². The first kappa shape index (κ1) is 17.8. The van der Waals surface area contributed by atoms with Crippen LogP contribution in [0.1, 0.15) is 38.7 Å². The lowest BCUT2D eigenvalue weighted by Crippen LogP contribution is -2.36. The summed E-state index contributed by atoms with van der Waals surface area (Å²) < 4.78 is 5.50. The van der Waals surface area contributed by atoms with Gasteiger partial charge in [-0.3, -0.25) is 4.79 Å². The summed E-state index contributed by atoms with van der Waals surface area (Å²) >= 11 is 0. The van der Waals surface area contributed by atoms with Gasteiger partial charge in [-0.05, 0) is 68.9 Å². The smallest absolute Gasteiger partial charge is 0.257 e. The van der Waals surface area contributed by atoms with Gasteiger partial charge in [-0.1, -0.05) is 26.0 Å². The highest BCUT2D eigenvalue weighted by Gasteiger charge is 2.14. The third kappa shape index (κ3) is 6.61. The number of benzene rings is 1. The Morgan fingerprint density at radius 3 is 2.61 bits per heavy atom. The molecule has 1 aromatic carbocycles. The van der Waals surface area contributed by atoms with Crippen LogP contribution in [0.5, 0.6) is 5.75 Å². The third-order valence-corrected chi connectivity index (χ3v) is 4.55. The Balaban J connectivity index is 1.54. The quantitative estimate of drug-likeness (QED) is 0.749. The van der Waals surface area contributed by atoms with E-state index in [4.69, 9.17) is 4.74 Å². The summed E-state index contributed by atoms with van der Waals surface area (Å²) in [6.45, 7) is 8.74. The number of hydrogen-bond donors (Lipinski definition) is 1. The molecule has 2 rings (SSSR count). The minimum atomic E-state index is -0.0446. The van der Waals surface area contributed by atoms with Crippen LogP contribution in [-0.4, -0.2) is 43.6 Å². The van der Waals surface area contributed by atoms with E-state index in [1.807, 2.05) is 24.3 Å². The molecule has 0 aliphatic carbocycles. The van der Waals surface area contributed by atoms with E-state index >= 15 is 0 Å². The highest BCUT2D eigenvalue weighted by Crippen LogP contribution is 2.15. The largest absolute Gasteiger partial charge is 0.484 e. The molecule has 0 radical (unpaired) electrons. The average molecular weight is 318 g/mol. The van der Waals surface area contributed by atoms with Crippen LogP contribution in [0.15, 0.2) is 24.3 Å². The van der Waals surface area contributed by atoms with E-state index in [1.165, 1.54) is 31.5 Å². The van der Waals surface area contributed by atoms with Gasteiger partial charge in [0.05, 0.1) is 0 Å². The van der Waals surface area contributed by atoms with Gasteiger partial charge in [-0.2, -0.15) is 0 Å². The summed E-state index contributed by atoms with van der Waals surface area (Å²) in [5.74, 6) is 1.58. The fraction of sp³-hybridized carbons (Fsp3) is 0.632. The number of nitrogens with one attached hydrogen (secondary N) is 1. The monoisotopic (exact) mass is 318 g/mol. The summed E-state index contributed by atoms with van der Waals surface area (Å²) in [6, 6.07) is 7.91. The van der Waals surface area contributed by atoms with Crippen molar-refractivity contribution in [3.05, 3.63) is 29.8 Å². The molecule has 1 amide bonds. The lowest BCUT2D eigenvalue weighted by atomic mass is 9.99. The summed E-state index contributed by atoms with van der Waals surface area (Å²) in [6.07, 6.45) is 4.62. The zero-order valence-electron chi connectivity index (χ0n) is 14.5. The van der Waals surface area contributed by atoms with Crippen LogP contribution in [0, 0.1) is 5.92 Å². The topological polar surface area (TPSA) is 41.6 Å². The highest BCUT2D eigenvalue weighted by atomic mass is 16.5. The molecule has 1 aliphatic heterocycles. The Labute approximate surface area is 140 Å². The normalized spacial score (nSPS) is 16.3. The first-order chi connectivity index (χ1) is 11.2. The third-order valence-electron chi connectivity index (χ3n) is 4.55. The number of hydrogen-bond acceptors (Lipinski definition) is 3. The number of rotatable bonds is 8. The number of ether oxygens (including phenoxy) is 1. The number of piperidine rings is 1. The van der Waals surface area contributed by atoms with Gasteiger partial charge < -0.3 is 15.0 Å². The molecule has 1 aliphatic rings. The van der Waals surface area contributed by atoms with Gasteiger partial charge in [-0.15, -0.1) is 0 Å². The molecular weight excluding hydrogens is 288 g/mol. The van der Waals surface area contributed by atoms with Crippen LogP contribution in [0.2, 0.25) is 0 Å². The molecule has 1 N–H and O–H groups in total. The predicted octanol–water partition coefficient (Wildman–Crippen LogP) is 2.87. The second-order valence-electron chi connectivity index (χ2n) is 6.51. The van der Waals surface area contributed by atoms with Crippen LogP contribution < -0.4 is 10.1 Å². The molecule has 0 aromatic heterocycles. The first-order valence-corrected chi connectivity index (χ1v) is 8.88. The van der Waals surface area contributed by atoms with Crippen molar-refractivity contribution >= 4 is 5.91 Å². The average Bonchev–Trinajstić information content (AvgIpc) is 2.59. The van der Waals surface area contributed by atoms with Crippen molar-refractivity contribution in [2.24, 2.45) is 5.92 Å². The Morgan fingerprint density at radius 1 is 1.26 bits per heavy atom. The first-order valence-electron chi connectivity index (χ1n) is 8.88. The molecule has 0 bridgehead atoms. The molecule has 128 valence electrons. The summed E-state index contributed by atoms with van der Waals surface area (Å²) in [4.78, 5) is 14.3. The maximum atomic E-state index is 11.8. The van der Waals surface area contributed by atoms with E-state index in [-0.39, 0.29) is 12.5 Å². The van der Waals surface area contributed by atoms with Gasteiger partial charge in [0, 0.05) is 6.54 Å². The van der Waals surface area contributed by atoms with E-state index in [9.17, 15) is 4.79 Å². The molecule has 23 heavy (non-hydrogen) atoms. The van der Waals surface area contributed by atoms with Crippen molar-refractivity contribution in [1.82, 2.24) is 10.2 Å². The fourth-order valence-corrected chi connectivity index (χ4v) is 2.84. The van der Waals surface area contributed by atoms with Crippen molar-refractivity contribution in [3.8, 4) is 5.75 Å². The van der Waals surface area contributed by atoms with Crippen LogP contribution in [-0.2, 0) is 11.2 Å². The second kappa shape index (κ2) is 9.56. The van der Waals surface area contributed by atoms with Crippen molar-refractivity contribution in [1.29, 1.82) is 0 Å². The van der Waals surface area contributed by atoms with E-state index in [2.05, 4.69) is 24.1 Å². The molecule has 1 heterocycles. The number of carbonyl (C=O) groups is 1. The van der Waals surface area contributed by atoms with Crippen LogP contribution in [0.3, 0.4) is 0 Å². The molecule has 1 aromatic rings. The Hall–Kier alpha value is -1.55. The van der Waals surface area contributed by atoms with Gasteiger partial charge in [0.2, 0.25) is 0 Å². The summed E-state index contributed by atoms with van der Waals surface area (Å²) in [7, 11) is 0. The highest BCUT2D eigenvalue weighted by molar-refractivity contribution is 5.77. The second-order valence-corrected chi connectivity index (χ2v) is 6.51. The van der Waals surface area contributed by atoms with Gasteiger partial charge in [0.25, 0.3) is 5.91 Å². The zero-order chi connectivity index (χ0) is 16.5. The predicted molar refractivity (Wildman–Crippen MR) is 93.8 cm³/mol. The molecular formula is C19H30N2O2. The van der Waals surface area contributed by atoms with Crippen LogP contribution >= 0.6 is 0 Å². The Morgan fingerprint density at radius 2 is 1.96 bits per heavy atom. The van der Waals surface area contributed by atoms with Crippen molar-refractivity contribution < 1.29 is 9.53 Å². The van der Waals surface area contributed by atoms with Crippen molar-refractivity contribution in [3.63, 3.8) is 0 Å². The zero-order valence-corrected chi connectivity index (χ0v) is 14.5. The molecule has 0 atom stereocenters. The lowest BCUT2D eigenvalue weighted by molar-refractivity contribution is -0.123. The van der Waals surface area contributed by atoms with Crippen LogP contribution in [0.4, 0.5) is 0 Å². The number of likely N-dealkylation sites (tertiary alicyclic amines) is 1. The molecule has 1 saturated heterocycles. The van der Waals surface area contributed by atoms with E-state index in [0.29, 0.717) is 0 Å². The Kier molecular flexibility index (Phi) is 7.40. The minimum absolute atomic E-state index is 0.0446. The molecule has 0 saturated carbocycles. The lowest BCUT2D eigenvalue weighted by Gasteiger charge is -2.30. The number of nitrogens with zero attached hydrogens (tertiary/aromatic N) is 1. The SMILES string of the molecule is CCc1ccc(OCC(=O)NCCCN2CCC(C)CC2)cc1. The molecule has 4 heteroatoms. The maximum absolute atomic E-state index is 11.8.